The van der Waals surface area contributed by atoms with Crippen molar-refractivity contribution >= 4 is 50.7 Å². The maximum absolute atomic E-state index is 13.4. The van der Waals surface area contributed by atoms with E-state index in [1.54, 1.807) is 24.3 Å². The van der Waals surface area contributed by atoms with Crippen LogP contribution in [0.15, 0.2) is 65.6 Å². The Morgan fingerprint density at radius 1 is 1.05 bits per heavy atom. The number of hydrogen-bond donors (Lipinski definition) is 2. The van der Waals surface area contributed by atoms with E-state index in [9.17, 15) is 13.2 Å². The fourth-order valence-electron chi connectivity index (χ4n) is 5.00. The number of sulfonamides is 1. The number of nitrogens with one attached hydrogen (secondary N) is 2. The van der Waals surface area contributed by atoms with Crippen molar-refractivity contribution in [3.63, 3.8) is 0 Å². The number of rotatable bonds is 11. The third-order valence-electron chi connectivity index (χ3n) is 6.76. The van der Waals surface area contributed by atoms with Crippen molar-refractivity contribution in [2.75, 3.05) is 20.2 Å². The van der Waals surface area contributed by atoms with Crippen molar-refractivity contribution in [2.45, 2.75) is 50.2 Å². The van der Waals surface area contributed by atoms with Crippen LogP contribution < -0.4 is 14.8 Å². The van der Waals surface area contributed by atoms with Gasteiger partial charge in [0.05, 0.1) is 33.8 Å². The molecule has 2 atom stereocenters. The second-order valence-corrected chi connectivity index (χ2v) is 13.5. The maximum Gasteiger partial charge on any atom is 0.242 e. The molecule has 0 spiro atoms. The van der Waals surface area contributed by atoms with E-state index in [-0.39, 0.29) is 38.3 Å². The lowest BCUT2D eigenvalue weighted by Gasteiger charge is -2.28. The molecule has 1 aliphatic heterocycles. The van der Waals surface area contributed by atoms with Crippen LogP contribution in [0.1, 0.15) is 55.5 Å². The summed E-state index contributed by atoms with van der Waals surface area (Å²) in [6.07, 6.45) is 0.471. The average Bonchev–Trinajstić information content (AvgIpc) is 2.91. The second-order valence-electron chi connectivity index (χ2n) is 10.7. The van der Waals surface area contributed by atoms with E-state index in [2.05, 4.69) is 41.9 Å². The molecule has 0 fully saturated rings. The summed E-state index contributed by atoms with van der Waals surface area (Å²) in [7, 11) is -2.06. The summed E-state index contributed by atoms with van der Waals surface area (Å²) < 4.78 is 35.3. The zero-order chi connectivity index (χ0) is 29.7. The second kappa shape index (κ2) is 13.8. The zero-order valence-corrected chi connectivity index (χ0v) is 26.2. The monoisotopic (exact) mass is 637 g/mol. The summed E-state index contributed by atoms with van der Waals surface area (Å²) >= 11 is 18.3. The van der Waals surface area contributed by atoms with Gasteiger partial charge in [-0.1, -0.05) is 91.1 Å². The molecule has 3 aromatic carbocycles. The van der Waals surface area contributed by atoms with Gasteiger partial charge in [0.2, 0.25) is 15.9 Å². The van der Waals surface area contributed by atoms with Gasteiger partial charge in [0.1, 0.15) is 10.6 Å². The molecular formula is C30H34Cl3N3O4S. The molecule has 1 amide bonds. The van der Waals surface area contributed by atoms with Crippen LogP contribution in [0, 0.1) is 5.92 Å². The van der Waals surface area contributed by atoms with Crippen LogP contribution in [0.25, 0.3) is 0 Å². The predicted molar refractivity (Wildman–Crippen MR) is 164 cm³/mol. The minimum Gasteiger partial charge on any atom is -0.493 e. The highest BCUT2D eigenvalue weighted by atomic mass is 35.5. The number of carbonyl (C=O) groups is 1. The molecule has 0 saturated carbocycles. The number of ether oxygens (including phenoxy) is 1. The van der Waals surface area contributed by atoms with Crippen LogP contribution in [-0.2, 0) is 21.4 Å². The fraction of sp³-hybridized carbons (Fsp3) is 0.367. The lowest BCUT2D eigenvalue weighted by Crippen LogP contribution is -2.36. The highest BCUT2D eigenvalue weighted by Gasteiger charge is 2.29. The quantitative estimate of drug-likeness (QED) is 0.226. The van der Waals surface area contributed by atoms with Crippen molar-refractivity contribution in [3.05, 3.63) is 92.4 Å². The van der Waals surface area contributed by atoms with Crippen molar-refractivity contribution in [3.8, 4) is 5.75 Å². The Bertz CT molecular complexity index is 1490. The fourth-order valence-corrected chi connectivity index (χ4v) is 7.20. The third-order valence-corrected chi connectivity index (χ3v) is 9.68. The van der Waals surface area contributed by atoms with Gasteiger partial charge in [0.25, 0.3) is 0 Å². The Morgan fingerprint density at radius 2 is 1.78 bits per heavy atom. The lowest BCUT2D eigenvalue weighted by molar-refractivity contribution is -0.122. The van der Waals surface area contributed by atoms with Gasteiger partial charge in [-0.3, -0.25) is 4.79 Å². The molecule has 41 heavy (non-hydrogen) atoms. The molecule has 1 aliphatic rings. The van der Waals surface area contributed by atoms with Gasteiger partial charge in [-0.15, -0.1) is 0 Å². The summed E-state index contributed by atoms with van der Waals surface area (Å²) in [5, 5.41) is 2.99. The minimum absolute atomic E-state index is 0.0573. The Hall–Kier alpha value is -2.33. The number of hydrogen-bond acceptors (Lipinski definition) is 5. The van der Waals surface area contributed by atoms with E-state index in [0.717, 1.165) is 30.0 Å². The highest BCUT2D eigenvalue weighted by molar-refractivity contribution is 7.89. The van der Waals surface area contributed by atoms with Crippen LogP contribution in [0.3, 0.4) is 0 Å². The molecule has 7 nitrogen and oxygen atoms in total. The number of amides is 1. The first kappa shape index (κ1) is 31.6. The first-order chi connectivity index (χ1) is 19.4. The van der Waals surface area contributed by atoms with Crippen LogP contribution in [0.2, 0.25) is 15.1 Å². The van der Waals surface area contributed by atoms with E-state index in [4.69, 9.17) is 39.5 Å². The molecule has 3 aromatic rings. The first-order valence-corrected chi connectivity index (χ1v) is 16.0. The van der Waals surface area contributed by atoms with E-state index in [1.165, 1.54) is 12.1 Å². The van der Waals surface area contributed by atoms with Gasteiger partial charge >= 0.3 is 0 Å². The molecule has 220 valence electrons. The topological polar surface area (TPSA) is 87.7 Å². The number of fused-ring (bicyclic) bond motifs is 1. The van der Waals surface area contributed by atoms with Gasteiger partial charge < -0.3 is 15.0 Å². The summed E-state index contributed by atoms with van der Waals surface area (Å²) in [5.41, 5.74) is 2.67. The Kier molecular flexibility index (Phi) is 10.6. The third kappa shape index (κ3) is 8.15. The molecule has 0 aromatic heterocycles. The van der Waals surface area contributed by atoms with Gasteiger partial charge in [0, 0.05) is 31.5 Å². The van der Waals surface area contributed by atoms with Crippen LogP contribution in [0.4, 0.5) is 0 Å². The van der Waals surface area contributed by atoms with Crippen molar-refractivity contribution in [2.24, 2.45) is 5.92 Å². The van der Waals surface area contributed by atoms with Crippen LogP contribution in [-0.4, -0.2) is 39.4 Å². The molecule has 0 aliphatic carbocycles. The maximum atomic E-state index is 13.4. The molecule has 2 N–H and O–H groups in total. The number of carbonyl (C=O) groups excluding carboxylic acids is 1. The Morgan fingerprint density at radius 3 is 2.49 bits per heavy atom. The van der Waals surface area contributed by atoms with Crippen molar-refractivity contribution in [1.29, 1.82) is 0 Å². The van der Waals surface area contributed by atoms with Crippen molar-refractivity contribution in [1.82, 2.24) is 14.9 Å². The van der Waals surface area contributed by atoms with Gasteiger partial charge in [-0.05, 0) is 42.3 Å². The highest BCUT2D eigenvalue weighted by Crippen LogP contribution is 2.36. The van der Waals surface area contributed by atoms with E-state index >= 15 is 0 Å². The number of halogens is 3. The molecule has 0 saturated heterocycles. The zero-order valence-electron chi connectivity index (χ0n) is 23.2. The van der Waals surface area contributed by atoms with Gasteiger partial charge in [-0.25, -0.2) is 13.1 Å². The molecule has 1 heterocycles. The SMILES string of the molecule is CC(C)CN(C)Cc1ccc2c(c1)OCCC2NC(=O)CC(NS(=O)(=O)c1ccc(Cl)c(Cl)c1Cl)c1ccccc1. The van der Waals surface area contributed by atoms with E-state index in [0.29, 0.717) is 24.5 Å². The van der Waals surface area contributed by atoms with Crippen LogP contribution >= 0.6 is 34.8 Å². The Labute approximate surface area is 257 Å². The smallest absolute Gasteiger partial charge is 0.242 e. The Balaban J connectivity index is 1.51. The summed E-state index contributed by atoms with van der Waals surface area (Å²) in [5.74, 6) is 1.02. The first-order valence-electron chi connectivity index (χ1n) is 13.4. The van der Waals surface area contributed by atoms with E-state index < -0.39 is 16.1 Å². The molecular weight excluding hydrogens is 605 g/mol. The summed E-state index contributed by atoms with van der Waals surface area (Å²) in [6.45, 7) is 6.63. The number of benzene rings is 3. The molecule has 0 radical (unpaired) electrons. The minimum atomic E-state index is -4.16. The van der Waals surface area contributed by atoms with Gasteiger partial charge in [0.15, 0.2) is 0 Å². The predicted octanol–water partition coefficient (Wildman–Crippen LogP) is 6.78. The van der Waals surface area contributed by atoms with E-state index in [1.807, 2.05) is 18.2 Å². The largest absolute Gasteiger partial charge is 0.493 e. The van der Waals surface area contributed by atoms with Crippen molar-refractivity contribution < 1.29 is 17.9 Å². The van der Waals surface area contributed by atoms with Gasteiger partial charge in [-0.2, -0.15) is 0 Å². The van der Waals surface area contributed by atoms with Crippen LogP contribution in [0.5, 0.6) is 5.75 Å². The normalized spacial score (nSPS) is 15.9. The molecule has 11 heteroatoms. The number of nitrogens with zero attached hydrogens (tertiary/aromatic N) is 1. The molecule has 4 rings (SSSR count). The summed E-state index contributed by atoms with van der Waals surface area (Å²) in [6, 6.07) is 16.5. The molecule has 2 unspecified atom stereocenters. The lowest BCUT2D eigenvalue weighted by atomic mass is 9.97. The average molecular weight is 639 g/mol. The summed E-state index contributed by atoms with van der Waals surface area (Å²) in [4.78, 5) is 15.4. The standard InChI is InChI=1S/C30H34Cl3N3O4S/c1-19(2)17-36(3)18-20-9-10-22-24(13-14-40-26(22)15-20)34-28(37)16-25(21-7-5-4-6-8-21)35-41(38,39)27-12-11-23(31)29(32)30(27)33/h4-12,15,19,24-25,35H,13-14,16-18H2,1-3H3,(H,34,37). The molecule has 0 bridgehead atoms.